The summed E-state index contributed by atoms with van der Waals surface area (Å²) in [5.74, 6) is 5.16. The Labute approximate surface area is 163 Å². The summed E-state index contributed by atoms with van der Waals surface area (Å²) in [7, 11) is 0. The molecule has 11 nitrogen and oxygen atoms in total. The highest BCUT2D eigenvalue weighted by Crippen LogP contribution is 2.20. The minimum absolute atomic E-state index is 0.0820. The van der Waals surface area contributed by atoms with Crippen molar-refractivity contribution in [2.75, 3.05) is 24.7 Å². The first-order valence-corrected chi connectivity index (χ1v) is 9.19. The van der Waals surface area contributed by atoms with Crippen LogP contribution in [0.3, 0.4) is 0 Å². The molecular weight excluding hydrogens is 366 g/mol. The van der Waals surface area contributed by atoms with Crippen molar-refractivity contribution >= 4 is 17.9 Å². The largest absolute Gasteiger partial charge is 0.444 e. The predicted octanol–water partition coefficient (Wildman–Crippen LogP) is -0.277. The van der Waals surface area contributed by atoms with Gasteiger partial charge in [-0.2, -0.15) is 4.68 Å². The molecule has 0 radical (unpaired) electrons. The van der Waals surface area contributed by atoms with E-state index in [1.165, 1.54) is 0 Å². The van der Waals surface area contributed by atoms with Crippen molar-refractivity contribution in [2.45, 2.75) is 65.1 Å². The van der Waals surface area contributed by atoms with Crippen LogP contribution in [-0.2, 0) is 16.0 Å². The Morgan fingerprint density at radius 3 is 2.29 bits per heavy atom. The molecule has 0 spiro atoms. The van der Waals surface area contributed by atoms with E-state index in [1.807, 2.05) is 34.6 Å². The van der Waals surface area contributed by atoms with E-state index in [9.17, 15) is 14.4 Å². The van der Waals surface area contributed by atoms with Gasteiger partial charge in [0.2, 0.25) is 11.9 Å². The van der Waals surface area contributed by atoms with Gasteiger partial charge in [-0.15, -0.1) is 10.2 Å². The lowest BCUT2D eigenvalue weighted by molar-refractivity contribution is -0.135. The molecule has 0 saturated carbocycles. The van der Waals surface area contributed by atoms with Crippen LogP contribution in [0.5, 0.6) is 0 Å². The molecule has 1 aliphatic heterocycles. The molecule has 0 aromatic carbocycles. The van der Waals surface area contributed by atoms with Crippen LogP contribution >= 0.6 is 0 Å². The van der Waals surface area contributed by atoms with Crippen LogP contribution in [0.2, 0.25) is 0 Å². The van der Waals surface area contributed by atoms with Gasteiger partial charge in [-0.25, -0.2) is 4.79 Å². The highest BCUT2D eigenvalue weighted by molar-refractivity contribution is 5.77. The molecule has 1 saturated heterocycles. The summed E-state index contributed by atoms with van der Waals surface area (Å²) in [5, 5.41) is 7.32. The molecule has 2 amide bonds. The number of nitrogens with zero attached hydrogens (tertiary/aromatic N) is 5. The number of carbonyl (C=O) groups excluding carboxylic acids is 2. The van der Waals surface area contributed by atoms with E-state index in [1.54, 1.807) is 9.80 Å². The van der Waals surface area contributed by atoms with Crippen molar-refractivity contribution < 1.29 is 14.3 Å². The second kappa shape index (κ2) is 8.03. The maximum absolute atomic E-state index is 12.6. The SMILES string of the molecule is CC1CN(C(=O)CCc2nnc(N)n(N)c2=O)CC(C)N1C(=O)OC(C)(C)C. The third-order valence-corrected chi connectivity index (χ3v) is 4.44. The first-order chi connectivity index (χ1) is 12.9. The maximum Gasteiger partial charge on any atom is 0.410 e. The molecule has 2 rings (SSSR count). The smallest absolute Gasteiger partial charge is 0.410 e. The minimum Gasteiger partial charge on any atom is -0.444 e. The van der Waals surface area contributed by atoms with Gasteiger partial charge in [0.1, 0.15) is 11.3 Å². The van der Waals surface area contributed by atoms with E-state index < -0.39 is 11.2 Å². The van der Waals surface area contributed by atoms with Gasteiger partial charge in [-0.3, -0.25) is 14.5 Å². The van der Waals surface area contributed by atoms with E-state index in [4.69, 9.17) is 16.3 Å². The van der Waals surface area contributed by atoms with Crippen molar-refractivity contribution in [3.8, 4) is 0 Å². The minimum atomic E-state index is -0.584. The van der Waals surface area contributed by atoms with Crippen molar-refractivity contribution in [2.24, 2.45) is 0 Å². The van der Waals surface area contributed by atoms with E-state index in [2.05, 4.69) is 10.2 Å². The number of aryl methyl sites for hydroxylation is 1. The van der Waals surface area contributed by atoms with Crippen LogP contribution in [0.4, 0.5) is 10.7 Å². The number of nitrogens with two attached hydrogens (primary N) is 2. The molecule has 1 fully saturated rings. The van der Waals surface area contributed by atoms with E-state index >= 15 is 0 Å². The summed E-state index contributed by atoms with van der Waals surface area (Å²) >= 11 is 0. The molecule has 1 aliphatic rings. The molecule has 4 N–H and O–H groups in total. The number of carbonyl (C=O) groups is 2. The normalized spacial score (nSPS) is 20.2. The number of rotatable bonds is 3. The molecular formula is C17H29N7O4. The predicted molar refractivity (Wildman–Crippen MR) is 103 cm³/mol. The summed E-state index contributed by atoms with van der Waals surface area (Å²) < 4.78 is 6.17. The average molecular weight is 395 g/mol. The Balaban J connectivity index is 1.99. The molecule has 2 heterocycles. The Bertz CT molecular complexity index is 790. The Kier molecular flexibility index (Phi) is 6.15. The fourth-order valence-corrected chi connectivity index (χ4v) is 3.19. The zero-order valence-electron chi connectivity index (χ0n) is 17.0. The Morgan fingerprint density at radius 2 is 1.75 bits per heavy atom. The quantitative estimate of drug-likeness (QED) is 0.664. The third-order valence-electron chi connectivity index (χ3n) is 4.44. The highest BCUT2D eigenvalue weighted by atomic mass is 16.6. The number of piperazine rings is 1. The molecule has 2 atom stereocenters. The third kappa shape index (κ3) is 4.90. The number of hydrogen-bond donors (Lipinski definition) is 2. The monoisotopic (exact) mass is 395 g/mol. The first kappa shape index (κ1) is 21.5. The topological polar surface area (TPSA) is 150 Å². The molecule has 28 heavy (non-hydrogen) atoms. The number of aromatic nitrogens is 3. The van der Waals surface area contributed by atoms with Gasteiger partial charge in [-0.05, 0) is 34.6 Å². The Morgan fingerprint density at radius 1 is 1.18 bits per heavy atom. The van der Waals surface area contributed by atoms with Gasteiger partial charge in [0.05, 0.1) is 12.1 Å². The zero-order valence-corrected chi connectivity index (χ0v) is 17.0. The van der Waals surface area contributed by atoms with E-state index in [0.29, 0.717) is 17.8 Å². The fourth-order valence-electron chi connectivity index (χ4n) is 3.19. The van der Waals surface area contributed by atoms with Crippen molar-refractivity contribution in [1.29, 1.82) is 0 Å². The molecule has 156 valence electrons. The van der Waals surface area contributed by atoms with Crippen LogP contribution in [0.25, 0.3) is 0 Å². The van der Waals surface area contributed by atoms with E-state index in [0.717, 1.165) is 0 Å². The van der Waals surface area contributed by atoms with Crippen LogP contribution in [0.1, 0.15) is 46.7 Å². The maximum atomic E-state index is 12.6. The van der Waals surface area contributed by atoms with Gasteiger partial charge in [0, 0.05) is 25.9 Å². The van der Waals surface area contributed by atoms with Crippen LogP contribution in [0.15, 0.2) is 4.79 Å². The second-order valence-electron chi connectivity index (χ2n) is 8.06. The number of nitrogen functional groups attached to an aromatic ring is 2. The second-order valence-corrected chi connectivity index (χ2v) is 8.06. The van der Waals surface area contributed by atoms with Gasteiger partial charge < -0.3 is 21.2 Å². The molecule has 0 aliphatic carbocycles. The van der Waals surface area contributed by atoms with Crippen molar-refractivity contribution in [3.63, 3.8) is 0 Å². The lowest BCUT2D eigenvalue weighted by Gasteiger charge is -2.44. The molecule has 0 bridgehead atoms. The molecule has 1 aromatic heterocycles. The van der Waals surface area contributed by atoms with Crippen LogP contribution < -0.4 is 17.1 Å². The molecule has 1 aromatic rings. The number of amides is 2. The fraction of sp³-hybridized carbons (Fsp3) is 0.706. The number of hydrogen-bond acceptors (Lipinski definition) is 8. The summed E-state index contributed by atoms with van der Waals surface area (Å²) in [6.07, 6.45) is -0.197. The van der Waals surface area contributed by atoms with Gasteiger partial charge in [0.25, 0.3) is 5.56 Å². The standard InChI is InChI=1S/C17H29N7O4/c1-10-8-22(9-11(2)23(10)16(27)28-17(3,4)5)13(25)7-6-12-14(26)24(19)15(18)21-20-12/h10-11H,6-9,19H2,1-5H3,(H2,18,21). The summed E-state index contributed by atoms with van der Waals surface area (Å²) in [6, 6.07) is -0.389. The van der Waals surface area contributed by atoms with Gasteiger partial charge in [0.15, 0.2) is 0 Å². The lowest BCUT2D eigenvalue weighted by Crippen LogP contribution is -2.60. The molecule has 11 heteroatoms. The van der Waals surface area contributed by atoms with Crippen molar-refractivity contribution in [1.82, 2.24) is 24.7 Å². The van der Waals surface area contributed by atoms with E-state index in [-0.39, 0.29) is 48.6 Å². The lowest BCUT2D eigenvalue weighted by atomic mass is 10.1. The highest BCUT2D eigenvalue weighted by Gasteiger charge is 2.36. The zero-order chi connectivity index (χ0) is 21.2. The average Bonchev–Trinajstić information content (AvgIpc) is 2.56. The summed E-state index contributed by atoms with van der Waals surface area (Å²) in [4.78, 5) is 40.4. The van der Waals surface area contributed by atoms with Crippen LogP contribution in [0, 0.1) is 0 Å². The molecule has 2 unspecified atom stereocenters. The van der Waals surface area contributed by atoms with Crippen LogP contribution in [-0.4, -0.2) is 67.4 Å². The number of ether oxygens (including phenoxy) is 1. The van der Waals surface area contributed by atoms with Crippen molar-refractivity contribution in [3.05, 3.63) is 16.0 Å². The van der Waals surface area contributed by atoms with Gasteiger partial charge in [-0.1, -0.05) is 0 Å². The summed E-state index contributed by atoms with van der Waals surface area (Å²) in [5.41, 5.74) is 4.34. The summed E-state index contributed by atoms with van der Waals surface area (Å²) in [6.45, 7) is 9.96. The van der Waals surface area contributed by atoms with Gasteiger partial charge >= 0.3 is 6.09 Å². The first-order valence-electron chi connectivity index (χ1n) is 9.19. The number of anilines is 1. The Hall–Kier alpha value is -2.85.